The van der Waals surface area contributed by atoms with E-state index in [1.54, 1.807) is 36.4 Å². The summed E-state index contributed by atoms with van der Waals surface area (Å²) < 4.78 is 19.6. The van der Waals surface area contributed by atoms with Crippen molar-refractivity contribution in [3.8, 4) is 11.4 Å². The van der Waals surface area contributed by atoms with E-state index < -0.39 is 0 Å². The molecule has 2 heterocycles. The maximum atomic E-state index is 13.0. The van der Waals surface area contributed by atoms with Crippen molar-refractivity contribution in [2.24, 2.45) is 0 Å². The van der Waals surface area contributed by atoms with Crippen molar-refractivity contribution in [1.82, 2.24) is 25.1 Å². The molecule has 0 spiro atoms. The summed E-state index contributed by atoms with van der Waals surface area (Å²) in [6.45, 7) is 2.21. The fraction of sp³-hybridized carbons (Fsp3) is 0.190. The van der Waals surface area contributed by atoms with Gasteiger partial charge in [0.2, 0.25) is 23.6 Å². The number of rotatable bonds is 7. The third-order valence-corrected chi connectivity index (χ3v) is 4.63. The summed E-state index contributed by atoms with van der Waals surface area (Å²) >= 11 is 0. The van der Waals surface area contributed by atoms with Crippen LogP contribution in [0.5, 0.6) is 0 Å². The molecule has 0 aliphatic heterocycles. The number of aryl methyl sites for hydroxylation is 1. The average Bonchev–Trinajstić information content (AvgIpc) is 3.26. The van der Waals surface area contributed by atoms with Gasteiger partial charge in [-0.05, 0) is 43.3 Å². The minimum atomic E-state index is -0.356. The highest BCUT2D eigenvalue weighted by atomic mass is 19.1. The van der Waals surface area contributed by atoms with Gasteiger partial charge < -0.3 is 4.52 Å². The molecule has 0 aliphatic carbocycles. The Labute approximate surface area is 175 Å². The first-order valence-corrected chi connectivity index (χ1v) is 9.68. The van der Waals surface area contributed by atoms with Crippen LogP contribution in [0.25, 0.3) is 22.3 Å². The van der Waals surface area contributed by atoms with Gasteiger partial charge in [-0.1, -0.05) is 17.3 Å². The average molecular weight is 422 g/mol. The topological polar surface area (TPSA) is 115 Å². The minimum Gasteiger partial charge on any atom is -0.339 e. The standard InChI is InChI=1S/C21H19FN6O3/c1-2-28-20(30)15-5-3-4-6-16(15)23-21(28)26-25-17(29)11-12-18-24-19(27-31-18)13-7-9-14(22)10-8-13/h3-10H,2,11-12H2,1H3,(H,23,26)(H,25,29). The number of benzene rings is 2. The SMILES string of the molecule is CCn1c(NNC(=O)CCc2nc(-c3ccc(F)cc3)no2)nc2ccccc2c1=O. The lowest BCUT2D eigenvalue weighted by molar-refractivity contribution is -0.120. The fourth-order valence-corrected chi connectivity index (χ4v) is 3.04. The van der Waals surface area contributed by atoms with Crippen LogP contribution in [0.4, 0.5) is 10.3 Å². The van der Waals surface area contributed by atoms with E-state index in [0.29, 0.717) is 28.8 Å². The number of hydrogen-bond donors (Lipinski definition) is 2. The summed E-state index contributed by atoms with van der Waals surface area (Å²) in [6.07, 6.45) is 0.287. The maximum absolute atomic E-state index is 13.0. The van der Waals surface area contributed by atoms with Gasteiger partial charge in [-0.2, -0.15) is 4.98 Å². The number of aromatic nitrogens is 4. The zero-order valence-corrected chi connectivity index (χ0v) is 16.6. The predicted molar refractivity (Wildman–Crippen MR) is 111 cm³/mol. The molecule has 0 bridgehead atoms. The highest BCUT2D eigenvalue weighted by molar-refractivity contribution is 5.80. The zero-order chi connectivity index (χ0) is 21.8. The van der Waals surface area contributed by atoms with Crippen LogP contribution in [-0.4, -0.2) is 25.6 Å². The molecule has 4 aromatic rings. The van der Waals surface area contributed by atoms with E-state index in [1.165, 1.54) is 16.7 Å². The highest BCUT2D eigenvalue weighted by Crippen LogP contribution is 2.16. The van der Waals surface area contributed by atoms with Crippen LogP contribution in [0, 0.1) is 5.82 Å². The minimum absolute atomic E-state index is 0.0714. The lowest BCUT2D eigenvalue weighted by Gasteiger charge is -2.13. The Morgan fingerprint density at radius 3 is 2.68 bits per heavy atom. The number of carbonyl (C=O) groups excluding carboxylic acids is 1. The Morgan fingerprint density at radius 1 is 1.13 bits per heavy atom. The summed E-state index contributed by atoms with van der Waals surface area (Å²) in [6, 6.07) is 12.7. The molecule has 0 saturated carbocycles. The summed E-state index contributed by atoms with van der Waals surface area (Å²) in [5, 5.41) is 4.35. The van der Waals surface area contributed by atoms with E-state index in [2.05, 4.69) is 26.0 Å². The van der Waals surface area contributed by atoms with Crippen molar-refractivity contribution in [2.45, 2.75) is 26.3 Å². The van der Waals surface area contributed by atoms with Crippen molar-refractivity contribution in [3.63, 3.8) is 0 Å². The van der Waals surface area contributed by atoms with Crippen LogP contribution in [0.3, 0.4) is 0 Å². The number of nitrogens with one attached hydrogen (secondary N) is 2. The monoisotopic (exact) mass is 422 g/mol. The van der Waals surface area contributed by atoms with Gasteiger partial charge in [-0.25, -0.2) is 9.37 Å². The zero-order valence-electron chi connectivity index (χ0n) is 16.6. The van der Waals surface area contributed by atoms with Crippen LogP contribution in [0.1, 0.15) is 19.2 Å². The van der Waals surface area contributed by atoms with Crippen LogP contribution in [0.2, 0.25) is 0 Å². The number of hydrogen-bond acceptors (Lipinski definition) is 7. The largest absolute Gasteiger partial charge is 0.339 e. The molecule has 10 heteroatoms. The first-order valence-electron chi connectivity index (χ1n) is 9.68. The molecule has 0 saturated heterocycles. The molecule has 0 unspecified atom stereocenters. The Hall–Kier alpha value is -4.08. The lowest BCUT2D eigenvalue weighted by Crippen LogP contribution is -2.34. The van der Waals surface area contributed by atoms with Crippen LogP contribution in [0.15, 0.2) is 57.8 Å². The van der Waals surface area contributed by atoms with Gasteiger partial charge in [0.05, 0.1) is 10.9 Å². The third-order valence-electron chi connectivity index (χ3n) is 4.63. The number of nitrogens with zero attached hydrogens (tertiary/aromatic N) is 4. The number of para-hydroxylation sites is 1. The van der Waals surface area contributed by atoms with Gasteiger partial charge in [0.1, 0.15) is 5.82 Å². The van der Waals surface area contributed by atoms with E-state index in [4.69, 9.17) is 4.52 Å². The summed E-state index contributed by atoms with van der Waals surface area (Å²) in [4.78, 5) is 33.5. The molecule has 31 heavy (non-hydrogen) atoms. The van der Waals surface area contributed by atoms with E-state index in [9.17, 15) is 14.0 Å². The smallest absolute Gasteiger partial charge is 0.262 e. The summed E-state index contributed by atoms with van der Waals surface area (Å²) in [5.74, 6) is 0.151. The molecule has 2 N–H and O–H groups in total. The molecule has 2 aromatic carbocycles. The van der Waals surface area contributed by atoms with Gasteiger partial charge in [0.25, 0.3) is 5.56 Å². The second-order valence-electron chi connectivity index (χ2n) is 6.69. The normalized spacial score (nSPS) is 10.9. The second kappa shape index (κ2) is 8.74. The van der Waals surface area contributed by atoms with E-state index in [0.717, 1.165) is 0 Å². The molecule has 4 rings (SSSR count). The van der Waals surface area contributed by atoms with Gasteiger partial charge in [-0.15, -0.1) is 0 Å². The quantitative estimate of drug-likeness (QED) is 0.440. The summed E-state index contributed by atoms with van der Waals surface area (Å²) in [5.41, 5.74) is 6.22. The Balaban J connectivity index is 1.38. The maximum Gasteiger partial charge on any atom is 0.262 e. The predicted octanol–water partition coefficient (Wildman–Crippen LogP) is 2.68. The number of hydrazine groups is 1. The summed E-state index contributed by atoms with van der Waals surface area (Å²) in [7, 11) is 0. The Morgan fingerprint density at radius 2 is 1.90 bits per heavy atom. The molecule has 2 aromatic heterocycles. The fourth-order valence-electron chi connectivity index (χ4n) is 3.04. The van der Waals surface area contributed by atoms with Crippen molar-refractivity contribution in [1.29, 1.82) is 0 Å². The Bertz CT molecular complexity index is 1280. The number of fused-ring (bicyclic) bond motifs is 1. The molecule has 158 valence electrons. The van der Waals surface area contributed by atoms with Crippen molar-refractivity contribution in [3.05, 3.63) is 70.6 Å². The molecule has 0 atom stereocenters. The van der Waals surface area contributed by atoms with Gasteiger partial charge >= 0.3 is 0 Å². The molecular weight excluding hydrogens is 403 g/mol. The molecule has 0 aliphatic rings. The number of carbonyl (C=O) groups is 1. The first kappa shape index (κ1) is 20.2. The molecule has 0 fully saturated rings. The third kappa shape index (κ3) is 4.42. The Kier molecular flexibility index (Phi) is 5.69. The molecule has 9 nitrogen and oxygen atoms in total. The van der Waals surface area contributed by atoms with Crippen molar-refractivity contribution >= 4 is 22.8 Å². The molecular formula is C21H19FN6O3. The number of halogens is 1. The second-order valence-corrected chi connectivity index (χ2v) is 6.69. The van der Waals surface area contributed by atoms with Gasteiger partial charge in [0.15, 0.2) is 0 Å². The molecule has 1 amide bonds. The van der Waals surface area contributed by atoms with Crippen LogP contribution >= 0.6 is 0 Å². The highest BCUT2D eigenvalue weighted by Gasteiger charge is 2.13. The first-order chi connectivity index (χ1) is 15.0. The lowest BCUT2D eigenvalue weighted by atomic mass is 10.2. The van der Waals surface area contributed by atoms with E-state index in [-0.39, 0.29) is 42.0 Å². The van der Waals surface area contributed by atoms with E-state index >= 15 is 0 Å². The van der Waals surface area contributed by atoms with Gasteiger partial charge in [0, 0.05) is 24.9 Å². The molecule has 0 radical (unpaired) electrons. The van der Waals surface area contributed by atoms with E-state index in [1.807, 2.05) is 6.92 Å². The number of anilines is 1. The van der Waals surface area contributed by atoms with Crippen molar-refractivity contribution in [2.75, 3.05) is 5.43 Å². The van der Waals surface area contributed by atoms with Crippen molar-refractivity contribution < 1.29 is 13.7 Å². The van der Waals surface area contributed by atoms with Crippen LogP contribution in [-0.2, 0) is 17.8 Å². The van der Waals surface area contributed by atoms with Gasteiger partial charge in [-0.3, -0.25) is 25.0 Å². The van der Waals surface area contributed by atoms with Crippen LogP contribution < -0.4 is 16.4 Å². The number of amides is 1.